The van der Waals surface area contributed by atoms with E-state index in [-0.39, 0.29) is 17.6 Å². The molecule has 1 aromatic carbocycles. The van der Waals surface area contributed by atoms with E-state index in [1.807, 2.05) is 13.8 Å². The molecule has 110 valence electrons. The topological polar surface area (TPSA) is 87.7 Å². The summed E-state index contributed by atoms with van der Waals surface area (Å²) in [5, 5.41) is 14.6. The van der Waals surface area contributed by atoms with Crippen LogP contribution in [-0.4, -0.2) is 22.5 Å². The zero-order valence-corrected chi connectivity index (χ0v) is 11.9. The molecule has 0 aromatic heterocycles. The minimum absolute atomic E-state index is 0.0466. The van der Waals surface area contributed by atoms with Crippen molar-refractivity contribution < 1.29 is 14.4 Å². The molecule has 5 nitrogen and oxygen atoms in total. The van der Waals surface area contributed by atoms with Gasteiger partial charge in [0.1, 0.15) is 11.4 Å². The normalized spacial score (nSPS) is 12.3. The summed E-state index contributed by atoms with van der Waals surface area (Å²) in [7, 11) is 0. The number of nitrogens with zero attached hydrogens (tertiary/aromatic N) is 1. The predicted molar refractivity (Wildman–Crippen MR) is 75.3 cm³/mol. The molecule has 0 saturated carbocycles. The Hall–Kier alpha value is -2.11. The molecular formula is C14H20FN3O2. The van der Waals surface area contributed by atoms with Crippen molar-refractivity contribution in [1.29, 1.82) is 0 Å². The van der Waals surface area contributed by atoms with Gasteiger partial charge in [0.15, 0.2) is 5.84 Å². The number of amidine groups is 1. The molecule has 1 aromatic rings. The van der Waals surface area contributed by atoms with Crippen LogP contribution >= 0.6 is 0 Å². The van der Waals surface area contributed by atoms with E-state index in [0.717, 1.165) is 0 Å². The van der Waals surface area contributed by atoms with Gasteiger partial charge in [-0.15, -0.1) is 0 Å². The van der Waals surface area contributed by atoms with E-state index in [1.165, 1.54) is 18.2 Å². The van der Waals surface area contributed by atoms with Crippen LogP contribution in [0.3, 0.4) is 0 Å². The molecule has 0 radical (unpaired) electrons. The number of hydrogen-bond donors (Lipinski definition) is 3. The van der Waals surface area contributed by atoms with E-state index in [4.69, 9.17) is 10.9 Å². The second-order valence-electron chi connectivity index (χ2n) is 4.69. The number of hydrogen-bond acceptors (Lipinski definition) is 3. The molecule has 0 spiro atoms. The summed E-state index contributed by atoms with van der Waals surface area (Å²) < 4.78 is 13.2. The number of nitrogens with two attached hydrogens (primary N) is 1. The summed E-state index contributed by atoms with van der Waals surface area (Å²) in [6.07, 6.45) is 0.955. The fourth-order valence-electron chi connectivity index (χ4n) is 2.02. The molecule has 20 heavy (non-hydrogen) atoms. The van der Waals surface area contributed by atoms with Gasteiger partial charge in [0.05, 0.1) is 0 Å². The molecule has 1 rings (SSSR count). The Morgan fingerprint density at radius 3 is 2.50 bits per heavy atom. The Balaban J connectivity index is 3.05. The van der Waals surface area contributed by atoms with Crippen LogP contribution in [0.2, 0.25) is 0 Å². The maximum atomic E-state index is 13.2. The summed E-state index contributed by atoms with van der Waals surface area (Å²) in [6, 6.07) is 4.11. The lowest BCUT2D eigenvalue weighted by Crippen LogP contribution is -2.56. The van der Waals surface area contributed by atoms with Crippen LogP contribution in [0.4, 0.5) is 4.39 Å². The van der Waals surface area contributed by atoms with Gasteiger partial charge in [-0.3, -0.25) is 4.79 Å². The summed E-state index contributed by atoms with van der Waals surface area (Å²) in [4.78, 5) is 12.2. The average Bonchev–Trinajstić information content (AvgIpc) is 2.46. The Labute approximate surface area is 117 Å². The van der Waals surface area contributed by atoms with Gasteiger partial charge in [-0.2, -0.15) is 0 Å². The van der Waals surface area contributed by atoms with E-state index in [9.17, 15) is 9.18 Å². The van der Waals surface area contributed by atoms with Gasteiger partial charge >= 0.3 is 0 Å². The molecule has 0 saturated heterocycles. The van der Waals surface area contributed by atoms with Crippen molar-refractivity contribution in [3.05, 3.63) is 35.1 Å². The van der Waals surface area contributed by atoms with E-state index in [2.05, 4.69) is 10.5 Å². The minimum atomic E-state index is -0.909. The first-order valence-electron chi connectivity index (χ1n) is 6.46. The molecule has 0 bridgehead atoms. The lowest BCUT2D eigenvalue weighted by Gasteiger charge is -2.31. The number of rotatable bonds is 5. The number of nitrogens with one attached hydrogen (secondary N) is 1. The number of carbonyl (C=O) groups is 1. The second-order valence-corrected chi connectivity index (χ2v) is 4.69. The van der Waals surface area contributed by atoms with Crippen molar-refractivity contribution in [2.75, 3.05) is 0 Å². The van der Waals surface area contributed by atoms with Crippen LogP contribution in [0.25, 0.3) is 0 Å². The third-order valence-corrected chi connectivity index (χ3v) is 3.58. The Morgan fingerprint density at radius 2 is 2.05 bits per heavy atom. The number of benzene rings is 1. The van der Waals surface area contributed by atoms with Gasteiger partial charge in [-0.05, 0) is 43.5 Å². The first-order valence-corrected chi connectivity index (χ1v) is 6.46. The maximum Gasteiger partial charge on any atom is 0.252 e. The highest BCUT2D eigenvalue weighted by molar-refractivity contribution is 6.00. The zero-order chi connectivity index (χ0) is 15.3. The van der Waals surface area contributed by atoms with E-state index in [0.29, 0.717) is 24.0 Å². The van der Waals surface area contributed by atoms with E-state index < -0.39 is 5.54 Å². The molecule has 6 heteroatoms. The Kier molecular flexibility index (Phi) is 5.07. The molecule has 0 unspecified atom stereocenters. The van der Waals surface area contributed by atoms with Crippen molar-refractivity contribution in [3.8, 4) is 0 Å². The molecule has 0 aliphatic rings. The lowest BCUT2D eigenvalue weighted by atomic mass is 9.91. The summed E-state index contributed by atoms with van der Waals surface area (Å²) in [5.74, 6) is -0.798. The molecule has 0 heterocycles. The third kappa shape index (κ3) is 3.07. The van der Waals surface area contributed by atoms with E-state index >= 15 is 0 Å². The van der Waals surface area contributed by atoms with Crippen molar-refractivity contribution >= 4 is 11.7 Å². The number of halogens is 1. The SMILES string of the molecule is CCC(CC)(NC(=O)c1ccc(F)c(C)c1)C(N)=NO. The minimum Gasteiger partial charge on any atom is -0.409 e. The average molecular weight is 281 g/mol. The van der Waals surface area contributed by atoms with Crippen molar-refractivity contribution in [2.24, 2.45) is 10.9 Å². The molecule has 0 aliphatic carbocycles. The third-order valence-electron chi connectivity index (χ3n) is 3.58. The van der Waals surface area contributed by atoms with Crippen LogP contribution < -0.4 is 11.1 Å². The van der Waals surface area contributed by atoms with Gasteiger partial charge in [0.2, 0.25) is 0 Å². The number of amides is 1. The van der Waals surface area contributed by atoms with Gasteiger partial charge < -0.3 is 16.3 Å². The molecule has 4 N–H and O–H groups in total. The van der Waals surface area contributed by atoms with Gasteiger partial charge in [-0.25, -0.2) is 4.39 Å². The Morgan fingerprint density at radius 1 is 1.45 bits per heavy atom. The summed E-state index contributed by atoms with van der Waals surface area (Å²) in [5.41, 5.74) is 5.49. The smallest absolute Gasteiger partial charge is 0.252 e. The molecular weight excluding hydrogens is 261 g/mol. The zero-order valence-electron chi connectivity index (χ0n) is 11.9. The number of oxime groups is 1. The largest absolute Gasteiger partial charge is 0.409 e. The highest BCUT2D eigenvalue weighted by atomic mass is 19.1. The standard InChI is InChI=1S/C14H20FN3O2/c1-4-14(5-2,13(16)18-20)17-12(19)10-6-7-11(15)9(3)8-10/h6-8,20H,4-5H2,1-3H3,(H2,16,18)(H,17,19). The molecule has 0 aliphatic heterocycles. The lowest BCUT2D eigenvalue weighted by molar-refractivity contribution is 0.0917. The van der Waals surface area contributed by atoms with Crippen LogP contribution in [0, 0.1) is 12.7 Å². The monoisotopic (exact) mass is 281 g/mol. The van der Waals surface area contributed by atoms with Crippen molar-refractivity contribution in [3.63, 3.8) is 0 Å². The maximum absolute atomic E-state index is 13.2. The van der Waals surface area contributed by atoms with Gasteiger partial charge in [0.25, 0.3) is 5.91 Å². The summed E-state index contributed by atoms with van der Waals surface area (Å²) in [6.45, 7) is 5.25. The van der Waals surface area contributed by atoms with Gasteiger partial charge in [0, 0.05) is 5.56 Å². The van der Waals surface area contributed by atoms with Crippen molar-refractivity contribution in [1.82, 2.24) is 5.32 Å². The van der Waals surface area contributed by atoms with Crippen molar-refractivity contribution in [2.45, 2.75) is 39.2 Å². The number of carbonyl (C=O) groups excluding carboxylic acids is 1. The van der Waals surface area contributed by atoms with Crippen LogP contribution in [0.5, 0.6) is 0 Å². The number of aryl methyl sites for hydroxylation is 1. The summed E-state index contributed by atoms with van der Waals surface area (Å²) >= 11 is 0. The highest BCUT2D eigenvalue weighted by Crippen LogP contribution is 2.17. The first kappa shape index (κ1) is 15.9. The Bertz CT molecular complexity index is 525. The van der Waals surface area contributed by atoms with Crippen LogP contribution in [-0.2, 0) is 0 Å². The van der Waals surface area contributed by atoms with Crippen LogP contribution in [0.15, 0.2) is 23.4 Å². The van der Waals surface area contributed by atoms with E-state index in [1.54, 1.807) is 6.92 Å². The van der Waals surface area contributed by atoms with Crippen LogP contribution in [0.1, 0.15) is 42.6 Å². The molecule has 1 amide bonds. The molecule has 0 atom stereocenters. The quantitative estimate of drug-likeness (QED) is 0.334. The fourth-order valence-corrected chi connectivity index (χ4v) is 2.02. The highest BCUT2D eigenvalue weighted by Gasteiger charge is 2.33. The first-order chi connectivity index (χ1) is 9.40. The van der Waals surface area contributed by atoms with Gasteiger partial charge in [-0.1, -0.05) is 19.0 Å². The predicted octanol–water partition coefficient (Wildman–Crippen LogP) is 2.17. The second kappa shape index (κ2) is 6.36. The fraction of sp³-hybridized carbons (Fsp3) is 0.429. The molecule has 0 fully saturated rings.